The Hall–Kier alpha value is -4.03. The quantitative estimate of drug-likeness (QED) is 0.334. The summed E-state index contributed by atoms with van der Waals surface area (Å²) in [5.41, 5.74) is 6.16. The molecule has 0 bridgehead atoms. The zero-order valence-electron chi connectivity index (χ0n) is 22.4. The Labute approximate surface area is 228 Å². The number of likely N-dealkylation sites (tertiary alicyclic amines) is 1. The molecule has 2 aliphatic heterocycles. The van der Waals surface area contributed by atoms with E-state index in [2.05, 4.69) is 63.7 Å². The van der Waals surface area contributed by atoms with Crippen LogP contribution in [0, 0.1) is 11.6 Å². The second-order valence-electron chi connectivity index (χ2n) is 9.81. The van der Waals surface area contributed by atoms with Gasteiger partial charge in [-0.25, -0.2) is 18.8 Å². The van der Waals surface area contributed by atoms with Crippen LogP contribution < -0.4 is 0 Å². The molecule has 2 aromatic carbocycles. The van der Waals surface area contributed by atoms with E-state index in [9.17, 15) is 8.78 Å². The molecule has 1 saturated heterocycles. The summed E-state index contributed by atoms with van der Waals surface area (Å²) in [7, 11) is 0. The van der Waals surface area contributed by atoms with E-state index in [1.54, 1.807) is 12.3 Å². The lowest BCUT2D eigenvalue weighted by Gasteiger charge is -2.31. The highest BCUT2D eigenvalue weighted by molar-refractivity contribution is 6.28. The molecule has 1 aromatic heterocycles. The number of aromatic nitrogens is 1. The maximum atomic E-state index is 14.7. The highest BCUT2D eigenvalue weighted by Gasteiger charge is 2.23. The fraction of sp³-hybridized carbons (Fsp3) is 0.242. The molecule has 0 radical (unpaired) electrons. The zero-order chi connectivity index (χ0) is 27.4. The molecular weight excluding hydrogens is 490 g/mol. The van der Waals surface area contributed by atoms with Gasteiger partial charge in [-0.05, 0) is 92.4 Å². The third-order valence-electron chi connectivity index (χ3n) is 7.54. The van der Waals surface area contributed by atoms with Gasteiger partial charge in [-0.1, -0.05) is 43.8 Å². The van der Waals surface area contributed by atoms with Crippen LogP contribution in [0.4, 0.5) is 8.78 Å². The molecule has 0 atom stereocenters. The highest BCUT2D eigenvalue weighted by atomic mass is 19.1. The van der Waals surface area contributed by atoms with Gasteiger partial charge in [0.15, 0.2) is 5.84 Å². The van der Waals surface area contributed by atoms with Crippen LogP contribution in [0.15, 0.2) is 101 Å². The van der Waals surface area contributed by atoms with Crippen molar-refractivity contribution in [2.24, 2.45) is 9.98 Å². The fourth-order valence-corrected chi connectivity index (χ4v) is 5.36. The van der Waals surface area contributed by atoms with Crippen molar-refractivity contribution in [1.29, 1.82) is 0 Å². The second kappa shape index (κ2) is 11.8. The summed E-state index contributed by atoms with van der Waals surface area (Å²) < 4.78 is 28.7. The van der Waals surface area contributed by atoms with Gasteiger partial charge in [0.2, 0.25) is 0 Å². The van der Waals surface area contributed by atoms with Gasteiger partial charge in [0.1, 0.15) is 11.6 Å². The van der Waals surface area contributed by atoms with Gasteiger partial charge >= 0.3 is 0 Å². The topological polar surface area (TPSA) is 40.9 Å². The van der Waals surface area contributed by atoms with Crippen LogP contribution in [0.1, 0.15) is 49.3 Å². The van der Waals surface area contributed by atoms with Crippen LogP contribution in [-0.2, 0) is 0 Å². The molecule has 0 spiro atoms. The first-order valence-electron chi connectivity index (χ1n) is 13.4. The molecule has 0 amide bonds. The normalized spacial score (nSPS) is 18.8. The first-order chi connectivity index (χ1) is 19.0. The Balaban J connectivity index is 1.49. The Morgan fingerprint density at radius 3 is 2.44 bits per heavy atom. The van der Waals surface area contributed by atoms with Crippen molar-refractivity contribution >= 4 is 17.1 Å². The van der Waals surface area contributed by atoms with E-state index < -0.39 is 11.6 Å². The lowest BCUT2D eigenvalue weighted by atomic mass is 9.88. The SMILES string of the molecule is C=C/N=C1/N=C(c2cc(F)ccc2F)C=C(c2cncc(-c3ccc(C4CCN(CC)CC4)cc3)c2)/C1=C/C. The molecule has 0 N–H and O–H groups in total. The molecule has 0 unspecified atom stereocenters. The van der Waals surface area contributed by atoms with E-state index >= 15 is 0 Å². The molecular formula is C33H32F2N4. The van der Waals surface area contributed by atoms with Gasteiger partial charge < -0.3 is 4.90 Å². The summed E-state index contributed by atoms with van der Waals surface area (Å²) in [5.74, 6) is -0.113. The summed E-state index contributed by atoms with van der Waals surface area (Å²) in [5, 5.41) is 0. The minimum Gasteiger partial charge on any atom is -0.304 e. The predicted molar refractivity (Wildman–Crippen MR) is 156 cm³/mol. The number of amidine groups is 1. The molecule has 3 aromatic rings. The average Bonchev–Trinajstić information content (AvgIpc) is 2.98. The molecule has 1 fully saturated rings. The number of allylic oxidation sites excluding steroid dienone is 2. The molecule has 0 saturated carbocycles. The fourth-order valence-electron chi connectivity index (χ4n) is 5.36. The molecule has 5 rings (SSSR count). The molecule has 0 aliphatic carbocycles. The van der Waals surface area contributed by atoms with E-state index in [0.717, 1.165) is 65.7 Å². The van der Waals surface area contributed by atoms with Crippen LogP contribution in [0.5, 0.6) is 0 Å². The Morgan fingerprint density at radius 2 is 1.74 bits per heavy atom. The molecule has 39 heavy (non-hydrogen) atoms. The van der Waals surface area contributed by atoms with Crippen LogP contribution in [0.25, 0.3) is 16.7 Å². The summed E-state index contributed by atoms with van der Waals surface area (Å²) >= 11 is 0. The van der Waals surface area contributed by atoms with Crippen molar-refractivity contribution in [2.75, 3.05) is 19.6 Å². The van der Waals surface area contributed by atoms with E-state index in [0.29, 0.717) is 11.8 Å². The average molecular weight is 523 g/mol. The first kappa shape index (κ1) is 26.6. The lowest BCUT2D eigenvalue weighted by molar-refractivity contribution is 0.222. The molecule has 4 nitrogen and oxygen atoms in total. The van der Waals surface area contributed by atoms with Gasteiger partial charge in [-0.3, -0.25) is 4.98 Å². The second-order valence-corrected chi connectivity index (χ2v) is 9.81. The highest BCUT2D eigenvalue weighted by Crippen LogP contribution is 2.33. The number of halogens is 2. The molecule has 198 valence electrons. The van der Waals surface area contributed by atoms with Gasteiger partial charge in [-0.2, -0.15) is 0 Å². The number of benzene rings is 2. The number of aliphatic imine (C=N–C) groups is 2. The van der Waals surface area contributed by atoms with E-state index in [-0.39, 0.29) is 11.3 Å². The minimum atomic E-state index is -0.556. The first-order valence-corrected chi connectivity index (χ1v) is 13.4. The zero-order valence-corrected chi connectivity index (χ0v) is 22.4. The number of dihydropyridines is 1. The van der Waals surface area contributed by atoms with Crippen molar-refractivity contribution in [2.45, 2.75) is 32.6 Å². The van der Waals surface area contributed by atoms with Crippen molar-refractivity contribution in [1.82, 2.24) is 9.88 Å². The van der Waals surface area contributed by atoms with Crippen molar-refractivity contribution < 1.29 is 8.78 Å². The predicted octanol–water partition coefficient (Wildman–Crippen LogP) is 7.60. The summed E-state index contributed by atoms with van der Waals surface area (Å²) in [6, 6.07) is 14.2. The van der Waals surface area contributed by atoms with Gasteiger partial charge in [0, 0.05) is 40.9 Å². The Morgan fingerprint density at radius 1 is 1.00 bits per heavy atom. The summed E-state index contributed by atoms with van der Waals surface area (Å²) in [6.07, 6.45) is 11.1. The monoisotopic (exact) mass is 522 g/mol. The standard InChI is InChI=1S/C33H32F2N4/c1-4-28-29(19-32(38-33(28)37-5-2)30-18-27(34)11-12-31(30)35)26-17-25(20-36-21-26)23-9-7-22(8-10-23)24-13-15-39(6-3)16-14-24/h4-5,7-12,17-21,24H,2,6,13-16H2,1,3H3/b28-4-,37-33+. The smallest absolute Gasteiger partial charge is 0.160 e. The molecule has 3 heterocycles. The minimum absolute atomic E-state index is 0.0730. The van der Waals surface area contributed by atoms with Gasteiger partial charge in [0.25, 0.3) is 0 Å². The number of pyridine rings is 1. The maximum absolute atomic E-state index is 14.7. The number of hydrogen-bond acceptors (Lipinski definition) is 3. The van der Waals surface area contributed by atoms with Gasteiger partial charge in [0.05, 0.1) is 5.71 Å². The summed E-state index contributed by atoms with van der Waals surface area (Å²) in [4.78, 5) is 15.9. The number of hydrogen-bond donors (Lipinski definition) is 0. The Bertz CT molecular complexity index is 1490. The van der Waals surface area contributed by atoms with Crippen molar-refractivity contribution in [3.8, 4) is 11.1 Å². The number of piperidine rings is 1. The van der Waals surface area contributed by atoms with Crippen LogP contribution >= 0.6 is 0 Å². The lowest BCUT2D eigenvalue weighted by Crippen LogP contribution is -2.32. The summed E-state index contributed by atoms with van der Waals surface area (Å²) in [6.45, 7) is 11.2. The van der Waals surface area contributed by atoms with E-state index in [1.807, 2.05) is 19.2 Å². The van der Waals surface area contributed by atoms with Crippen LogP contribution in [0.2, 0.25) is 0 Å². The Kier molecular flexibility index (Phi) is 8.03. The maximum Gasteiger partial charge on any atom is 0.160 e. The van der Waals surface area contributed by atoms with E-state index in [1.165, 1.54) is 24.6 Å². The molecule has 2 aliphatic rings. The van der Waals surface area contributed by atoms with Crippen molar-refractivity contribution in [3.05, 3.63) is 120 Å². The largest absolute Gasteiger partial charge is 0.304 e. The third-order valence-corrected chi connectivity index (χ3v) is 7.54. The van der Waals surface area contributed by atoms with Crippen LogP contribution in [-0.4, -0.2) is 41.1 Å². The van der Waals surface area contributed by atoms with E-state index in [4.69, 9.17) is 0 Å². The van der Waals surface area contributed by atoms with Gasteiger partial charge in [-0.15, -0.1) is 0 Å². The number of nitrogens with zero attached hydrogens (tertiary/aromatic N) is 4. The number of rotatable bonds is 6. The molecule has 6 heteroatoms. The third kappa shape index (κ3) is 5.71. The van der Waals surface area contributed by atoms with Crippen molar-refractivity contribution in [3.63, 3.8) is 0 Å². The van der Waals surface area contributed by atoms with Crippen LogP contribution in [0.3, 0.4) is 0 Å².